The number of hydrogen-bond donors (Lipinski definition) is 1. The van der Waals surface area contributed by atoms with Crippen molar-refractivity contribution in [1.29, 1.82) is 0 Å². The molecule has 0 aliphatic carbocycles. The Kier molecular flexibility index (Phi) is 4.63. The van der Waals surface area contributed by atoms with Gasteiger partial charge in [0.15, 0.2) is 5.78 Å². The normalized spacial score (nSPS) is 10.6. The highest BCUT2D eigenvalue weighted by atomic mass is 35.5. The maximum atomic E-state index is 12.4. The molecule has 0 spiro atoms. The fourth-order valence-electron chi connectivity index (χ4n) is 2.65. The molecule has 1 amide bonds. The van der Waals surface area contributed by atoms with Gasteiger partial charge in [-0.05, 0) is 41.5 Å². The Labute approximate surface area is 145 Å². The highest BCUT2D eigenvalue weighted by Crippen LogP contribution is 2.24. The molecule has 3 nitrogen and oxygen atoms in total. The Morgan fingerprint density at radius 2 is 1.75 bits per heavy atom. The first kappa shape index (κ1) is 16.2. The number of carbonyl (C=O) groups is 2. The molecule has 0 aliphatic rings. The minimum absolute atomic E-state index is 0.0729. The molecule has 0 atom stereocenters. The van der Waals surface area contributed by atoms with Crippen LogP contribution in [0.3, 0.4) is 0 Å². The average Bonchev–Trinajstić information content (AvgIpc) is 2.57. The largest absolute Gasteiger partial charge is 0.324 e. The van der Waals surface area contributed by atoms with Crippen molar-refractivity contribution in [2.45, 2.75) is 13.3 Å². The van der Waals surface area contributed by atoms with Crippen LogP contribution < -0.4 is 5.32 Å². The van der Waals surface area contributed by atoms with E-state index in [2.05, 4.69) is 5.32 Å². The Hall–Kier alpha value is -2.65. The van der Waals surface area contributed by atoms with Crippen LogP contribution in [0.25, 0.3) is 10.8 Å². The first-order chi connectivity index (χ1) is 11.5. The van der Waals surface area contributed by atoms with Crippen LogP contribution in [0.5, 0.6) is 0 Å². The zero-order chi connectivity index (χ0) is 17.1. The van der Waals surface area contributed by atoms with Gasteiger partial charge in [0.1, 0.15) is 0 Å². The zero-order valence-electron chi connectivity index (χ0n) is 13.2. The molecule has 1 N–H and O–H groups in total. The van der Waals surface area contributed by atoms with Crippen LogP contribution in [-0.2, 0) is 11.2 Å². The van der Waals surface area contributed by atoms with Gasteiger partial charge in [-0.3, -0.25) is 9.59 Å². The van der Waals surface area contributed by atoms with Gasteiger partial charge in [0.25, 0.3) is 0 Å². The third kappa shape index (κ3) is 3.47. The summed E-state index contributed by atoms with van der Waals surface area (Å²) in [6.45, 7) is 1.48. The highest BCUT2D eigenvalue weighted by Gasteiger charge is 2.11. The quantitative estimate of drug-likeness (QED) is 0.690. The van der Waals surface area contributed by atoms with Crippen molar-refractivity contribution in [3.63, 3.8) is 0 Å². The third-order valence-corrected chi connectivity index (χ3v) is 4.21. The van der Waals surface area contributed by atoms with E-state index in [4.69, 9.17) is 11.6 Å². The topological polar surface area (TPSA) is 46.2 Å². The van der Waals surface area contributed by atoms with Crippen LogP contribution in [0.1, 0.15) is 22.8 Å². The summed E-state index contributed by atoms with van der Waals surface area (Å²) in [6, 6.07) is 18.7. The Morgan fingerprint density at radius 1 is 1.00 bits per heavy atom. The van der Waals surface area contributed by atoms with Crippen LogP contribution in [0.4, 0.5) is 5.69 Å². The molecule has 0 aromatic heterocycles. The van der Waals surface area contributed by atoms with E-state index in [1.165, 1.54) is 6.92 Å². The Bertz CT molecular complexity index is 929. The van der Waals surface area contributed by atoms with E-state index >= 15 is 0 Å². The third-order valence-electron chi connectivity index (χ3n) is 3.88. The van der Waals surface area contributed by atoms with Gasteiger partial charge in [-0.15, -0.1) is 0 Å². The molecular formula is C20H16ClNO2. The van der Waals surface area contributed by atoms with Crippen molar-refractivity contribution in [2.75, 3.05) is 5.32 Å². The van der Waals surface area contributed by atoms with Crippen molar-refractivity contribution >= 4 is 39.8 Å². The van der Waals surface area contributed by atoms with Crippen molar-refractivity contribution < 1.29 is 9.59 Å². The molecule has 4 heteroatoms. The first-order valence-electron chi connectivity index (χ1n) is 7.61. The number of benzene rings is 3. The molecule has 0 aliphatic heterocycles. The number of rotatable bonds is 4. The van der Waals surface area contributed by atoms with Crippen LogP contribution in [-0.4, -0.2) is 11.7 Å². The molecule has 3 rings (SSSR count). The van der Waals surface area contributed by atoms with E-state index in [9.17, 15) is 9.59 Å². The lowest BCUT2D eigenvalue weighted by atomic mass is 10.0. The number of amides is 1. The minimum atomic E-state index is -0.172. The van der Waals surface area contributed by atoms with E-state index in [1.807, 2.05) is 42.5 Å². The van der Waals surface area contributed by atoms with E-state index in [-0.39, 0.29) is 18.1 Å². The SMILES string of the molecule is CC(=O)c1ccc(Cl)c(NC(=O)Cc2cccc3ccccc23)c1. The molecule has 24 heavy (non-hydrogen) atoms. The van der Waals surface area contributed by atoms with E-state index in [0.717, 1.165) is 16.3 Å². The maximum absolute atomic E-state index is 12.4. The van der Waals surface area contributed by atoms with Crippen LogP contribution in [0.2, 0.25) is 5.02 Å². The van der Waals surface area contributed by atoms with Gasteiger partial charge in [0.2, 0.25) is 5.91 Å². The summed E-state index contributed by atoms with van der Waals surface area (Å²) >= 11 is 6.12. The smallest absolute Gasteiger partial charge is 0.228 e. The van der Waals surface area contributed by atoms with Gasteiger partial charge in [0, 0.05) is 5.56 Å². The zero-order valence-corrected chi connectivity index (χ0v) is 13.9. The highest BCUT2D eigenvalue weighted by molar-refractivity contribution is 6.34. The second-order valence-corrected chi connectivity index (χ2v) is 6.02. The summed E-state index contributed by atoms with van der Waals surface area (Å²) in [5, 5.41) is 5.36. The van der Waals surface area contributed by atoms with Gasteiger partial charge in [-0.25, -0.2) is 0 Å². The fraction of sp³-hybridized carbons (Fsp3) is 0.100. The fourth-order valence-corrected chi connectivity index (χ4v) is 2.82. The molecule has 0 radical (unpaired) electrons. The molecule has 0 unspecified atom stereocenters. The summed E-state index contributed by atoms with van der Waals surface area (Å²) in [5.41, 5.74) is 1.92. The average molecular weight is 338 g/mol. The second-order valence-electron chi connectivity index (χ2n) is 5.61. The van der Waals surface area contributed by atoms with Gasteiger partial charge in [-0.1, -0.05) is 54.1 Å². The van der Waals surface area contributed by atoms with E-state index in [1.54, 1.807) is 18.2 Å². The number of halogens is 1. The Morgan fingerprint density at radius 3 is 2.54 bits per heavy atom. The van der Waals surface area contributed by atoms with Crippen molar-refractivity contribution in [2.24, 2.45) is 0 Å². The van der Waals surface area contributed by atoms with Gasteiger partial charge in [0.05, 0.1) is 17.1 Å². The summed E-state index contributed by atoms with van der Waals surface area (Å²) < 4.78 is 0. The predicted molar refractivity (Wildman–Crippen MR) is 97.7 cm³/mol. The van der Waals surface area contributed by atoms with Gasteiger partial charge in [-0.2, -0.15) is 0 Å². The molecule has 3 aromatic carbocycles. The molecule has 0 heterocycles. The van der Waals surface area contributed by atoms with Gasteiger partial charge < -0.3 is 5.32 Å². The number of nitrogens with one attached hydrogen (secondary N) is 1. The van der Waals surface area contributed by atoms with Crippen LogP contribution in [0, 0.1) is 0 Å². The number of Topliss-reactive ketones (excluding diaryl/α,β-unsaturated/α-hetero) is 1. The molecule has 0 fully saturated rings. The number of fused-ring (bicyclic) bond motifs is 1. The number of ketones is 1. The monoisotopic (exact) mass is 337 g/mol. The summed E-state index contributed by atoms with van der Waals surface area (Å²) in [7, 11) is 0. The Balaban J connectivity index is 1.83. The lowest BCUT2D eigenvalue weighted by Crippen LogP contribution is -2.15. The number of carbonyl (C=O) groups excluding carboxylic acids is 2. The minimum Gasteiger partial charge on any atom is -0.324 e. The first-order valence-corrected chi connectivity index (χ1v) is 7.99. The molecule has 3 aromatic rings. The van der Waals surface area contributed by atoms with Crippen LogP contribution in [0.15, 0.2) is 60.7 Å². The molecule has 0 saturated heterocycles. The number of hydrogen-bond acceptors (Lipinski definition) is 2. The molecular weight excluding hydrogens is 322 g/mol. The van der Waals surface area contributed by atoms with Crippen molar-refractivity contribution in [3.8, 4) is 0 Å². The summed E-state index contributed by atoms with van der Waals surface area (Å²) in [4.78, 5) is 23.9. The second kappa shape index (κ2) is 6.85. The van der Waals surface area contributed by atoms with Gasteiger partial charge >= 0.3 is 0 Å². The van der Waals surface area contributed by atoms with E-state index in [0.29, 0.717) is 16.3 Å². The predicted octanol–water partition coefficient (Wildman–Crippen LogP) is 4.88. The molecule has 0 bridgehead atoms. The summed E-state index contributed by atoms with van der Waals surface area (Å²) in [6.07, 6.45) is 0.238. The summed E-state index contributed by atoms with van der Waals surface area (Å²) in [5.74, 6) is -0.245. The maximum Gasteiger partial charge on any atom is 0.228 e. The number of anilines is 1. The molecule has 0 saturated carbocycles. The van der Waals surface area contributed by atoms with Crippen molar-refractivity contribution in [3.05, 3.63) is 76.8 Å². The lowest BCUT2D eigenvalue weighted by Gasteiger charge is -2.10. The molecule has 120 valence electrons. The van der Waals surface area contributed by atoms with Crippen LogP contribution >= 0.6 is 11.6 Å². The lowest BCUT2D eigenvalue weighted by molar-refractivity contribution is -0.115. The van der Waals surface area contributed by atoms with E-state index < -0.39 is 0 Å². The standard InChI is InChI=1S/C20H16ClNO2/c1-13(23)15-9-10-18(21)19(11-15)22-20(24)12-16-7-4-6-14-5-2-3-8-17(14)16/h2-11H,12H2,1H3,(H,22,24). The van der Waals surface area contributed by atoms with Crippen molar-refractivity contribution in [1.82, 2.24) is 0 Å².